The zero-order valence-corrected chi connectivity index (χ0v) is 10.0. The first-order chi connectivity index (χ1) is 6.42. The third-order valence-electron chi connectivity index (χ3n) is 1.36. The number of hydrogen-bond donors (Lipinski definition) is 0. The number of benzene rings is 1. The molecule has 0 aliphatic carbocycles. The van der Waals surface area contributed by atoms with Gasteiger partial charge in [-0.1, -0.05) is 0 Å². The summed E-state index contributed by atoms with van der Waals surface area (Å²) in [7, 11) is 0. The molecule has 0 saturated heterocycles. The summed E-state index contributed by atoms with van der Waals surface area (Å²) < 4.78 is 40.0. The molecule has 0 heterocycles. The largest absolute Gasteiger partial charge is 0.573 e. The summed E-state index contributed by atoms with van der Waals surface area (Å²) in [5.41, 5.74) is 0. The zero-order chi connectivity index (χ0) is 10.8. The molecule has 0 spiro atoms. The molecule has 1 nitrogen and oxygen atoms in total. The van der Waals surface area contributed by atoms with Crippen LogP contribution in [0.25, 0.3) is 0 Å². The molecule has 0 bridgehead atoms. The standard InChI is InChI=1S/C8H6F3IOS/c1-14-7-3-2-5(4-6(7)12)13-8(9,10)11/h2-4H,1H3. The van der Waals surface area contributed by atoms with Crippen molar-refractivity contribution in [1.82, 2.24) is 0 Å². The number of halogens is 4. The molecule has 0 aliphatic heterocycles. The van der Waals surface area contributed by atoms with Crippen LogP contribution in [0.15, 0.2) is 23.1 Å². The van der Waals surface area contributed by atoms with Gasteiger partial charge in [-0.2, -0.15) is 0 Å². The van der Waals surface area contributed by atoms with E-state index in [9.17, 15) is 13.2 Å². The van der Waals surface area contributed by atoms with Crippen LogP contribution in [-0.4, -0.2) is 12.6 Å². The minimum atomic E-state index is -4.62. The quantitative estimate of drug-likeness (QED) is 0.599. The summed E-state index contributed by atoms with van der Waals surface area (Å²) in [4.78, 5) is 0.931. The second-order valence-corrected chi connectivity index (χ2v) is 4.35. The van der Waals surface area contributed by atoms with Crippen molar-refractivity contribution in [1.29, 1.82) is 0 Å². The maximum atomic E-state index is 11.8. The number of alkyl halides is 3. The lowest BCUT2D eigenvalue weighted by Crippen LogP contribution is -2.17. The van der Waals surface area contributed by atoms with E-state index in [0.29, 0.717) is 0 Å². The van der Waals surface area contributed by atoms with Crippen molar-refractivity contribution < 1.29 is 17.9 Å². The average Bonchev–Trinajstić information content (AvgIpc) is 2.01. The number of thioether (sulfide) groups is 1. The molecule has 0 amide bonds. The highest BCUT2D eigenvalue weighted by Crippen LogP contribution is 2.29. The Morgan fingerprint density at radius 2 is 2.00 bits per heavy atom. The fourth-order valence-electron chi connectivity index (χ4n) is 0.844. The number of rotatable bonds is 2. The monoisotopic (exact) mass is 334 g/mol. The normalized spacial score (nSPS) is 11.5. The Kier molecular flexibility index (Phi) is 3.94. The Balaban J connectivity index is 2.87. The molecule has 0 radical (unpaired) electrons. The first kappa shape index (κ1) is 12.0. The van der Waals surface area contributed by atoms with Crippen molar-refractivity contribution >= 4 is 34.4 Å². The SMILES string of the molecule is CSc1ccc(OC(F)(F)F)cc1I. The van der Waals surface area contributed by atoms with Gasteiger partial charge in [-0.05, 0) is 47.0 Å². The van der Waals surface area contributed by atoms with Crippen molar-refractivity contribution in [3.8, 4) is 5.75 Å². The maximum absolute atomic E-state index is 11.8. The van der Waals surface area contributed by atoms with Crippen LogP contribution in [0.5, 0.6) is 5.75 Å². The van der Waals surface area contributed by atoms with Gasteiger partial charge in [0.05, 0.1) is 0 Å². The van der Waals surface area contributed by atoms with Crippen LogP contribution in [0, 0.1) is 3.57 Å². The van der Waals surface area contributed by atoms with Gasteiger partial charge in [0, 0.05) is 8.47 Å². The maximum Gasteiger partial charge on any atom is 0.573 e. The van der Waals surface area contributed by atoms with Crippen LogP contribution in [0.3, 0.4) is 0 Å². The molecule has 0 fully saturated rings. The molecular formula is C8H6F3IOS. The van der Waals surface area contributed by atoms with E-state index in [-0.39, 0.29) is 5.75 Å². The topological polar surface area (TPSA) is 9.23 Å². The fraction of sp³-hybridized carbons (Fsp3) is 0.250. The predicted molar refractivity (Wildman–Crippen MR) is 57.6 cm³/mol. The molecule has 0 unspecified atom stereocenters. The zero-order valence-electron chi connectivity index (χ0n) is 7.06. The molecule has 0 saturated carbocycles. The first-order valence-corrected chi connectivity index (χ1v) is 5.82. The van der Waals surface area contributed by atoms with Crippen molar-refractivity contribution in [3.05, 3.63) is 21.8 Å². The van der Waals surface area contributed by atoms with Gasteiger partial charge in [0.2, 0.25) is 0 Å². The third kappa shape index (κ3) is 3.56. The molecule has 0 atom stereocenters. The van der Waals surface area contributed by atoms with Crippen molar-refractivity contribution in [2.24, 2.45) is 0 Å². The van der Waals surface area contributed by atoms with Gasteiger partial charge in [0.1, 0.15) is 5.75 Å². The highest BCUT2D eigenvalue weighted by atomic mass is 127. The fourth-order valence-corrected chi connectivity index (χ4v) is 2.45. The Labute approximate surface area is 97.2 Å². The molecule has 0 aliphatic rings. The molecule has 78 valence electrons. The summed E-state index contributed by atoms with van der Waals surface area (Å²) in [6.07, 6.45) is -2.76. The molecule has 14 heavy (non-hydrogen) atoms. The lowest BCUT2D eigenvalue weighted by atomic mass is 10.3. The van der Waals surface area contributed by atoms with Crippen LogP contribution in [0.2, 0.25) is 0 Å². The Hall–Kier alpha value is -0.110. The van der Waals surface area contributed by atoms with Crippen LogP contribution in [-0.2, 0) is 0 Å². The van der Waals surface area contributed by atoms with E-state index in [1.54, 1.807) is 6.07 Å². The molecule has 1 aromatic carbocycles. The van der Waals surface area contributed by atoms with E-state index in [2.05, 4.69) is 4.74 Å². The van der Waals surface area contributed by atoms with E-state index < -0.39 is 6.36 Å². The highest BCUT2D eigenvalue weighted by molar-refractivity contribution is 14.1. The Morgan fingerprint density at radius 3 is 2.43 bits per heavy atom. The summed E-state index contributed by atoms with van der Waals surface area (Å²) in [5, 5.41) is 0. The van der Waals surface area contributed by atoms with Gasteiger partial charge < -0.3 is 4.74 Å². The smallest absolute Gasteiger partial charge is 0.406 e. The second kappa shape index (κ2) is 4.61. The summed E-state index contributed by atoms with van der Waals surface area (Å²) in [5.74, 6) is -0.181. The third-order valence-corrected chi connectivity index (χ3v) is 3.41. The molecule has 0 aromatic heterocycles. The van der Waals surface area contributed by atoms with Crippen LogP contribution < -0.4 is 4.74 Å². The lowest BCUT2D eigenvalue weighted by Gasteiger charge is -2.09. The van der Waals surface area contributed by atoms with E-state index >= 15 is 0 Å². The van der Waals surface area contributed by atoms with Crippen LogP contribution >= 0.6 is 34.4 Å². The van der Waals surface area contributed by atoms with Crippen LogP contribution in [0.4, 0.5) is 13.2 Å². The first-order valence-electron chi connectivity index (χ1n) is 3.51. The summed E-state index contributed by atoms with van der Waals surface area (Å²) in [6.45, 7) is 0. The predicted octanol–water partition coefficient (Wildman–Crippen LogP) is 3.91. The number of hydrogen-bond acceptors (Lipinski definition) is 2. The number of ether oxygens (including phenoxy) is 1. The van der Waals surface area contributed by atoms with E-state index in [1.165, 1.54) is 23.9 Å². The van der Waals surface area contributed by atoms with E-state index in [0.717, 1.165) is 8.47 Å². The Morgan fingerprint density at radius 1 is 1.36 bits per heavy atom. The minimum Gasteiger partial charge on any atom is -0.406 e. The minimum absolute atomic E-state index is 0.181. The molecule has 6 heteroatoms. The van der Waals surface area contributed by atoms with Gasteiger partial charge >= 0.3 is 6.36 Å². The van der Waals surface area contributed by atoms with Crippen molar-refractivity contribution in [2.75, 3.05) is 6.26 Å². The van der Waals surface area contributed by atoms with Gasteiger partial charge in [0.25, 0.3) is 0 Å². The van der Waals surface area contributed by atoms with Crippen molar-refractivity contribution in [2.45, 2.75) is 11.3 Å². The van der Waals surface area contributed by atoms with Crippen LogP contribution in [0.1, 0.15) is 0 Å². The van der Waals surface area contributed by atoms with E-state index in [1.807, 2.05) is 28.8 Å². The summed E-state index contributed by atoms with van der Waals surface area (Å²) >= 11 is 3.45. The molecule has 1 aromatic rings. The molecule has 1 rings (SSSR count). The summed E-state index contributed by atoms with van der Waals surface area (Å²) in [6, 6.07) is 4.27. The molecular weight excluding hydrogens is 328 g/mol. The van der Waals surface area contributed by atoms with Gasteiger partial charge in [-0.15, -0.1) is 24.9 Å². The average molecular weight is 334 g/mol. The molecule has 0 N–H and O–H groups in total. The van der Waals surface area contributed by atoms with Crippen molar-refractivity contribution in [3.63, 3.8) is 0 Å². The van der Waals surface area contributed by atoms with E-state index in [4.69, 9.17) is 0 Å². The van der Waals surface area contributed by atoms with Gasteiger partial charge in [-0.3, -0.25) is 0 Å². The Bertz CT molecular complexity index is 327. The second-order valence-electron chi connectivity index (χ2n) is 2.34. The van der Waals surface area contributed by atoms with Gasteiger partial charge in [0.15, 0.2) is 0 Å². The van der Waals surface area contributed by atoms with Gasteiger partial charge in [-0.25, -0.2) is 0 Å². The highest BCUT2D eigenvalue weighted by Gasteiger charge is 2.31. The lowest BCUT2D eigenvalue weighted by molar-refractivity contribution is -0.274.